The Labute approximate surface area is 162 Å². The number of benzene rings is 2. The number of aryl methyl sites for hydroxylation is 4. The van der Waals surface area contributed by atoms with Crippen LogP contribution >= 0.6 is 0 Å². The molecule has 5 nitrogen and oxygen atoms in total. The SMILES string of the molecule is CC[C@@H](C(=O)Nc1cc(C)cc(C)c1)N(c1cc(C)ccc1C)S(C)(=O)=O. The molecule has 0 radical (unpaired) electrons. The lowest BCUT2D eigenvalue weighted by molar-refractivity contribution is -0.117. The number of amides is 1. The predicted octanol–water partition coefficient (Wildman–Crippen LogP) is 4.10. The number of nitrogens with one attached hydrogen (secondary N) is 1. The van der Waals surface area contributed by atoms with E-state index in [9.17, 15) is 13.2 Å². The van der Waals surface area contributed by atoms with Crippen molar-refractivity contribution < 1.29 is 13.2 Å². The van der Waals surface area contributed by atoms with Crippen molar-refractivity contribution in [1.29, 1.82) is 0 Å². The second-order valence-corrected chi connectivity index (χ2v) is 9.00. The van der Waals surface area contributed by atoms with Gasteiger partial charge in [0.25, 0.3) is 0 Å². The maximum atomic E-state index is 13.0. The minimum atomic E-state index is -3.65. The van der Waals surface area contributed by atoms with Crippen molar-refractivity contribution in [3.63, 3.8) is 0 Å². The van der Waals surface area contributed by atoms with E-state index in [1.807, 2.05) is 71.0 Å². The lowest BCUT2D eigenvalue weighted by Crippen LogP contribution is -2.47. The fraction of sp³-hybridized carbons (Fsp3) is 0.381. The summed E-state index contributed by atoms with van der Waals surface area (Å²) in [5.41, 5.74) is 5.03. The fourth-order valence-corrected chi connectivity index (χ4v) is 4.53. The first-order valence-corrected chi connectivity index (χ1v) is 10.8. The molecule has 6 heteroatoms. The van der Waals surface area contributed by atoms with Gasteiger partial charge in [0, 0.05) is 5.69 Å². The Bertz CT molecular complexity index is 932. The van der Waals surface area contributed by atoms with Crippen molar-refractivity contribution in [1.82, 2.24) is 0 Å². The van der Waals surface area contributed by atoms with Crippen LogP contribution < -0.4 is 9.62 Å². The molecule has 1 N–H and O–H groups in total. The minimum Gasteiger partial charge on any atom is -0.324 e. The number of sulfonamides is 1. The third kappa shape index (κ3) is 5.10. The van der Waals surface area contributed by atoms with E-state index in [1.165, 1.54) is 4.31 Å². The molecule has 0 saturated heterocycles. The predicted molar refractivity (Wildman–Crippen MR) is 112 cm³/mol. The average molecular weight is 389 g/mol. The first-order valence-electron chi connectivity index (χ1n) is 8.98. The molecule has 2 rings (SSSR count). The van der Waals surface area contributed by atoms with Crippen LogP contribution in [-0.4, -0.2) is 26.6 Å². The summed E-state index contributed by atoms with van der Waals surface area (Å²) in [7, 11) is -3.65. The summed E-state index contributed by atoms with van der Waals surface area (Å²) in [5, 5.41) is 2.89. The van der Waals surface area contributed by atoms with Gasteiger partial charge in [0.15, 0.2) is 0 Å². The standard InChI is InChI=1S/C21H28N2O3S/c1-7-19(21(24)22-18-11-15(3)10-16(4)12-18)23(27(6,25)26)20-13-14(2)8-9-17(20)5/h8-13,19H,7H2,1-6H3,(H,22,24)/t19-/m0/s1. The zero-order chi connectivity index (χ0) is 20.4. The zero-order valence-electron chi connectivity index (χ0n) is 16.8. The molecule has 2 aromatic carbocycles. The van der Waals surface area contributed by atoms with E-state index in [1.54, 1.807) is 0 Å². The Hall–Kier alpha value is -2.34. The molecule has 0 bridgehead atoms. The van der Waals surface area contributed by atoms with E-state index in [2.05, 4.69) is 5.32 Å². The minimum absolute atomic E-state index is 0.339. The fourth-order valence-electron chi connectivity index (χ4n) is 3.26. The molecule has 0 aromatic heterocycles. The average Bonchev–Trinajstić information content (AvgIpc) is 2.52. The van der Waals surface area contributed by atoms with Crippen molar-refractivity contribution in [3.05, 3.63) is 58.7 Å². The van der Waals surface area contributed by atoms with Crippen LogP contribution in [0.25, 0.3) is 0 Å². The molecule has 0 aliphatic heterocycles. The molecule has 0 spiro atoms. The number of rotatable bonds is 6. The highest BCUT2D eigenvalue weighted by Gasteiger charge is 2.32. The molecule has 0 aliphatic carbocycles. The van der Waals surface area contributed by atoms with Crippen molar-refractivity contribution >= 4 is 27.3 Å². The summed E-state index contributed by atoms with van der Waals surface area (Å²) in [6, 6.07) is 10.5. The van der Waals surface area contributed by atoms with Gasteiger partial charge in [-0.05, 0) is 74.6 Å². The normalized spacial score (nSPS) is 12.5. The van der Waals surface area contributed by atoms with Gasteiger partial charge < -0.3 is 5.32 Å². The molecule has 146 valence electrons. The van der Waals surface area contributed by atoms with Gasteiger partial charge in [0.2, 0.25) is 15.9 Å². The summed E-state index contributed by atoms with van der Waals surface area (Å²) in [6.07, 6.45) is 1.50. The monoisotopic (exact) mass is 388 g/mol. The Morgan fingerprint density at radius 1 is 1.00 bits per heavy atom. The van der Waals surface area contributed by atoms with E-state index >= 15 is 0 Å². The van der Waals surface area contributed by atoms with E-state index in [4.69, 9.17) is 0 Å². The second-order valence-electron chi connectivity index (χ2n) is 7.14. The van der Waals surface area contributed by atoms with Crippen molar-refractivity contribution in [3.8, 4) is 0 Å². The van der Waals surface area contributed by atoms with Crippen molar-refractivity contribution in [2.45, 2.75) is 47.1 Å². The van der Waals surface area contributed by atoms with Gasteiger partial charge in [0.1, 0.15) is 6.04 Å². The van der Waals surface area contributed by atoms with Crippen LogP contribution in [0, 0.1) is 27.7 Å². The van der Waals surface area contributed by atoms with Gasteiger partial charge >= 0.3 is 0 Å². The van der Waals surface area contributed by atoms with Crippen LogP contribution in [0.2, 0.25) is 0 Å². The molecule has 27 heavy (non-hydrogen) atoms. The third-order valence-corrected chi connectivity index (χ3v) is 5.59. The summed E-state index contributed by atoms with van der Waals surface area (Å²) in [4.78, 5) is 13.0. The first kappa shape index (κ1) is 21.0. The maximum Gasteiger partial charge on any atom is 0.248 e. The highest BCUT2D eigenvalue weighted by molar-refractivity contribution is 7.92. The number of hydrogen-bond acceptors (Lipinski definition) is 3. The van der Waals surface area contributed by atoms with Crippen LogP contribution in [0.5, 0.6) is 0 Å². The molecule has 0 unspecified atom stereocenters. The Morgan fingerprint density at radius 2 is 1.59 bits per heavy atom. The smallest absolute Gasteiger partial charge is 0.248 e. The summed E-state index contributed by atoms with van der Waals surface area (Å²) < 4.78 is 26.5. The topological polar surface area (TPSA) is 66.5 Å². The molecule has 0 heterocycles. The highest BCUT2D eigenvalue weighted by Crippen LogP contribution is 2.28. The van der Waals surface area contributed by atoms with Crippen molar-refractivity contribution in [2.75, 3.05) is 15.9 Å². The summed E-state index contributed by atoms with van der Waals surface area (Å²) in [6.45, 7) is 9.48. The van der Waals surface area contributed by atoms with E-state index < -0.39 is 16.1 Å². The molecule has 0 saturated carbocycles. The van der Waals surface area contributed by atoms with Gasteiger partial charge in [-0.2, -0.15) is 0 Å². The largest absolute Gasteiger partial charge is 0.324 e. The lowest BCUT2D eigenvalue weighted by Gasteiger charge is -2.31. The molecule has 2 aromatic rings. The number of hydrogen-bond donors (Lipinski definition) is 1. The number of carbonyl (C=O) groups is 1. The van der Waals surface area contributed by atoms with Crippen LogP contribution in [-0.2, 0) is 14.8 Å². The molecular formula is C21H28N2O3S. The van der Waals surface area contributed by atoms with Gasteiger partial charge in [-0.15, -0.1) is 0 Å². The molecule has 1 atom stereocenters. The van der Waals surface area contributed by atoms with Gasteiger partial charge in [-0.25, -0.2) is 8.42 Å². The van der Waals surface area contributed by atoms with Crippen LogP contribution in [0.1, 0.15) is 35.6 Å². The number of nitrogens with zero attached hydrogens (tertiary/aromatic N) is 1. The molecule has 1 amide bonds. The highest BCUT2D eigenvalue weighted by atomic mass is 32.2. The van der Waals surface area contributed by atoms with Gasteiger partial charge in [-0.3, -0.25) is 9.10 Å². The van der Waals surface area contributed by atoms with Gasteiger partial charge in [0.05, 0.1) is 11.9 Å². The number of carbonyl (C=O) groups excluding carboxylic acids is 1. The van der Waals surface area contributed by atoms with E-state index in [0.29, 0.717) is 17.8 Å². The van der Waals surface area contributed by atoms with Crippen LogP contribution in [0.3, 0.4) is 0 Å². The van der Waals surface area contributed by atoms with Gasteiger partial charge in [-0.1, -0.05) is 25.1 Å². The lowest BCUT2D eigenvalue weighted by atomic mass is 10.1. The van der Waals surface area contributed by atoms with E-state index in [-0.39, 0.29) is 5.91 Å². The second kappa shape index (κ2) is 8.13. The van der Waals surface area contributed by atoms with Crippen LogP contribution in [0.15, 0.2) is 36.4 Å². The van der Waals surface area contributed by atoms with Crippen LogP contribution in [0.4, 0.5) is 11.4 Å². The van der Waals surface area contributed by atoms with E-state index in [0.717, 1.165) is 28.5 Å². The first-order chi connectivity index (χ1) is 12.5. The zero-order valence-corrected chi connectivity index (χ0v) is 17.6. The quantitative estimate of drug-likeness (QED) is 0.810. The maximum absolute atomic E-state index is 13.0. The summed E-state index contributed by atoms with van der Waals surface area (Å²) >= 11 is 0. The Balaban J connectivity index is 2.46. The Morgan fingerprint density at radius 3 is 2.11 bits per heavy atom. The number of anilines is 2. The molecule has 0 fully saturated rings. The third-order valence-electron chi connectivity index (χ3n) is 4.42. The molecule has 0 aliphatic rings. The summed E-state index contributed by atoms with van der Waals surface area (Å²) in [5.74, 6) is -0.339. The molecular weight excluding hydrogens is 360 g/mol. The van der Waals surface area contributed by atoms with Crippen molar-refractivity contribution in [2.24, 2.45) is 0 Å². The Kier molecular flexibility index (Phi) is 6.31.